The van der Waals surface area contributed by atoms with E-state index in [1.165, 1.54) is 0 Å². The van der Waals surface area contributed by atoms with Crippen molar-refractivity contribution in [1.29, 1.82) is 0 Å². The third-order valence-corrected chi connectivity index (χ3v) is 6.50. The van der Waals surface area contributed by atoms with Gasteiger partial charge in [-0.25, -0.2) is 12.7 Å². The second kappa shape index (κ2) is 8.02. The first-order valence-electron chi connectivity index (χ1n) is 8.75. The van der Waals surface area contributed by atoms with Gasteiger partial charge < -0.3 is 4.74 Å². The molecule has 1 atom stereocenters. The Morgan fingerprint density at radius 3 is 2.56 bits per heavy atom. The summed E-state index contributed by atoms with van der Waals surface area (Å²) in [6.07, 6.45) is 1.89. The number of rotatable bonds is 6. The van der Waals surface area contributed by atoms with Gasteiger partial charge in [0.05, 0.1) is 12.4 Å². The summed E-state index contributed by atoms with van der Waals surface area (Å²) in [5.41, 5.74) is 1.90. The van der Waals surface area contributed by atoms with E-state index in [2.05, 4.69) is 0 Å². The predicted octanol–water partition coefficient (Wildman–Crippen LogP) is 3.62. The molecule has 0 radical (unpaired) electrons. The molecule has 0 saturated carbocycles. The Hall–Kier alpha value is -1.85. The van der Waals surface area contributed by atoms with Crippen molar-refractivity contribution in [2.24, 2.45) is 5.92 Å². The molecule has 0 aromatic heterocycles. The summed E-state index contributed by atoms with van der Waals surface area (Å²) in [4.78, 5) is 0. The minimum absolute atomic E-state index is 0.0753. The largest absolute Gasteiger partial charge is 0.493 e. The van der Waals surface area contributed by atoms with Crippen LogP contribution >= 0.6 is 0 Å². The third-order valence-electron chi connectivity index (χ3n) is 4.70. The van der Waals surface area contributed by atoms with Gasteiger partial charge in [-0.3, -0.25) is 0 Å². The van der Waals surface area contributed by atoms with Crippen molar-refractivity contribution >= 4 is 10.0 Å². The van der Waals surface area contributed by atoms with Crippen LogP contribution in [0.15, 0.2) is 54.6 Å². The molecule has 1 heterocycles. The number of para-hydroxylation sites is 1. The standard InChI is InChI=1S/C20H25NO3S/c1-17-8-5-6-10-19(17)16-25(22,23)21-13-7-9-18(14-21)15-24-20-11-3-2-4-12-20/h2-6,8,10-12,18H,7,9,13-16H2,1H3. The third kappa shape index (κ3) is 4.83. The zero-order valence-corrected chi connectivity index (χ0v) is 15.4. The number of aryl methyl sites for hydroxylation is 1. The van der Waals surface area contributed by atoms with Crippen LogP contribution in [0.5, 0.6) is 5.75 Å². The molecule has 3 rings (SSSR count). The second-order valence-electron chi connectivity index (χ2n) is 6.67. The highest BCUT2D eigenvalue weighted by molar-refractivity contribution is 7.88. The molecule has 2 aromatic rings. The van der Waals surface area contributed by atoms with Gasteiger partial charge in [0, 0.05) is 19.0 Å². The van der Waals surface area contributed by atoms with E-state index in [1.54, 1.807) is 4.31 Å². The lowest BCUT2D eigenvalue weighted by molar-refractivity contribution is 0.180. The number of ether oxygens (including phenoxy) is 1. The number of sulfonamides is 1. The molecule has 25 heavy (non-hydrogen) atoms. The van der Waals surface area contributed by atoms with Crippen molar-refractivity contribution in [2.45, 2.75) is 25.5 Å². The maximum atomic E-state index is 12.8. The number of hydrogen-bond acceptors (Lipinski definition) is 3. The molecule has 1 saturated heterocycles. The van der Waals surface area contributed by atoms with Gasteiger partial charge in [0.25, 0.3) is 0 Å². The molecule has 0 spiro atoms. The maximum Gasteiger partial charge on any atom is 0.218 e. The Kier molecular flexibility index (Phi) is 5.76. The Morgan fingerprint density at radius 2 is 1.80 bits per heavy atom. The zero-order chi connectivity index (χ0) is 17.7. The van der Waals surface area contributed by atoms with Crippen LogP contribution in [0.25, 0.3) is 0 Å². The summed E-state index contributed by atoms with van der Waals surface area (Å²) in [5, 5.41) is 0. The Morgan fingerprint density at radius 1 is 1.08 bits per heavy atom. The van der Waals surface area contributed by atoms with Crippen molar-refractivity contribution in [2.75, 3.05) is 19.7 Å². The molecule has 0 N–H and O–H groups in total. The predicted molar refractivity (Wildman–Crippen MR) is 100 cm³/mol. The van der Waals surface area contributed by atoms with Crippen molar-refractivity contribution in [1.82, 2.24) is 4.31 Å². The Labute approximate surface area is 150 Å². The summed E-state index contributed by atoms with van der Waals surface area (Å²) < 4.78 is 33.1. The molecule has 1 fully saturated rings. The van der Waals surface area contributed by atoms with E-state index in [4.69, 9.17) is 4.74 Å². The van der Waals surface area contributed by atoms with Crippen LogP contribution in [-0.4, -0.2) is 32.4 Å². The van der Waals surface area contributed by atoms with Crippen molar-refractivity contribution < 1.29 is 13.2 Å². The topological polar surface area (TPSA) is 46.6 Å². The lowest BCUT2D eigenvalue weighted by atomic mass is 10.0. The molecule has 134 valence electrons. The quantitative estimate of drug-likeness (QED) is 0.791. The number of nitrogens with zero attached hydrogens (tertiary/aromatic N) is 1. The van der Waals surface area contributed by atoms with Crippen molar-refractivity contribution in [3.05, 3.63) is 65.7 Å². The van der Waals surface area contributed by atoms with Gasteiger partial charge in [0.2, 0.25) is 10.0 Å². The fourth-order valence-electron chi connectivity index (χ4n) is 3.21. The number of benzene rings is 2. The molecule has 1 aliphatic heterocycles. The van der Waals surface area contributed by atoms with Crippen LogP contribution in [0.1, 0.15) is 24.0 Å². The molecular weight excluding hydrogens is 334 g/mol. The summed E-state index contributed by atoms with van der Waals surface area (Å²) in [6, 6.07) is 17.4. The van der Waals surface area contributed by atoms with Gasteiger partial charge in [-0.15, -0.1) is 0 Å². The monoisotopic (exact) mass is 359 g/mol. The first kappa shape index (κ1) is 18.0. The van der Waals surface area contributed by atoms with Crippen LogP contribution < -0.4 is 4.74 Å². The molecule has 0 aliphatic carbocycles. The highest BCUT2D eigenvalue weighted by atomic mass is 32.2. The van der Waals surface area contributed by atoms with Crippen LogP contribution in [-0.2, 0) is 15.8 Å². The van der Waals surface area contributed by atoms with Gasteiger partial charge in [-0.1, -0.05) is 42.5 Å². The lowest BCUT2D eigenvalue weighted by Gasteiger charge is -2.32. The smallest absolute Gasteiger partial charge is 0.218 e. The van der Waals surface area contributed by atoms with Gasteiger partial charge in [-0.05, 0) is 43.0 Å². The summed E-state index contributed by atoms with van der Waals surface area (Å²) in [5.74, 6) is 1.15. The molecule has 1 unspecified atom stereocenters. The minimum atomic E-state index is -3.30. The van der Waals surface area contributed by atoms with Crippen LogP contribution in [0, 0.1) is 12.8 Å². The molecule has 4 nitrogen and oxygen atoms in total. The fourth-order valence-corrected chi connectivity index (χ4v) is 4.95. The lowest BCUT2D eigenvalue weighted by Crippen LogP contribution is -2.42. The van der Waals surface area contributed by atoms with Crippen LogP contribution in [0.2, 0.25) is 0 Å². The van der Waals surface area contributed by atoms with Gasteiger partial charge in [0.1, 0.15) is 5.75 Å². The average molecular weight is 359 g/mol. The Balaban J connectivity index is 1.61. The van der Waals surface area contributed by atoms with E-state index in [-0.39, 0.29) is 11.7 Å². The van der Waals surface area contributed by atoms with E-state index < -0.39 is 10.0 Å². The summed E-state index contributed by atoms with van der Waals surface area (Å²) in [7, 11) is -3.30. The van der Waals surface area contributed by atoms with Crippen LogP contribution in [0.3, 0.4) is 0 Å². The zero-order valence-electron chi connectivity index (χ0n) is 14.6. The van der Waals surface area contributed by atoms with Gasteiger partial charge in [-0.2, -0.15) is 0 Å². The Bertz CT molecular complexity index is 790. The van der Waals surface area contributed by atoms with E-state index in [0.717, 1.165) is 29.7 Å². The van der Waals surface area contributed by atoms with E-state index in [1.807, 2.05) is 61.5 Å². The molecule has 2 aromatic carbocycles. The van der Waals surface area contributed by atoms with Gasteiger partial charge >= 0.3 is 0 Å². The molecule has 0 bridgehead atoms. The average Bonchev–Trinajstić information content (AvgIpc) is 2.63. The normalized spacial score (nSPS) is 18.8. The fraction of sp³-hybridized carbons (Fsp3) is 0.400. The summed E-state index contributed by atoms with van der Waals surface area (Å²) in [6.45, 7) is 3.66. The first-order chi connectivity index (χ1) is 12.0. The van der Waals surface area contributed by atoms with Crippen molar-refractivity contribution in [3.8, 4) is 5.75 Å². The van der Waals surface area contributed by atoms with E-state index in [9.17, 15) is 8.42 Å². The molecule has 1 aliphatic rings. The van der Waals surface area contributed by atoms with Gasteiger partial charge in [0.15, 0.2) is 0 Å². The first-order valence-corrected chi connectivity index (χ1v) is 10.4. The number of piperidine rings is 1. The molecular formula is C20H25NO3S. The van der Waals surface area contributed by atoms with E-state index >= 15 is 0 Å². The highest BCUT2D eigenvalue weighted by Crippen LogP contribution is 2.23. The number of hydrogen-bond donors (Lipinski definition) is 0. The summed E-state index contributed by atoms with van der Waals surface area (Å²) >= 11 is 0. The molecule has 5 heteroatoms. The SMILES string of the molecule is Cc1ccccc1CS(=O)(=O)N1CCCC(COc2ccccc2)C1. The second-order valence-corrected chi connectivity index (χ2v) is 8.64. The van der Waals surface area contributed by atoms with Crippen LogP contribution in [0.4, 0.5) is 0 Å². The van der Waals surface area contributed by atoms with Crippen molar-refractivity contribution in [3.63, 3.8) is 0 Å². The minimum Gasteiger partial charge on any atom is -0.493 e. The highest BCUT2D eigenvalue weighted by Gasteiger charge is 2.29. The maximum absolute atomic E-state index is 12.8. The molecule has 0 amide bonds. The van der Waals surface area contributed by atoms with E-state index in [0.29, 0.717) is 19.7 Å².